The average molecular weight is 145 g/mol. The van der Waals surface area contributed by atoms with Gasteiger partial charge in [0.15, 0.2) is 0 Å². The second-order valence-electron chi connectivity index (χ2n) is 3.16. The monoisotopic (exact) mass is 145 g/mol. The van der Waals surface area contributed by atoms with E-state index in [2.05, 4.69) is 0 Å². The molecule has 0 aromatic heterocycles. The van der Waals surface area contributed by atoms with Gasteiger partial charge in [-0.25, -0.2) is 0 Å². The van der Waals surface area contributed by atoms with E-state index in [1.807, 2.05) is 0 Å². The van der Waals surface area contributed by atoms with Gasteiger partial charge in [0.1, 0.15) is 10.5 Å². The van der Waals surface area contributed by atoms with Crippen molar-refractivity contribution in [2.24, 2.45) is 0 Å². The maximum Gasteiger partial charge on any atom is 0.118 e. The van der Waals surface area contributed by atoms with Crippen molar-refractivity contribution in [3.05, 3.63) is 0 Å². The van der Waals surface area contributed by atoms with Crippen molar-refractivity contribution in [1.82, 2.24) is 0 Å². The van der Waals surface area contributed by atoms with Gasteiger partial charge in [-0.1, -0.05) is 0 Å². The van der Waals surface area contributed by atoms with Gasteiger partial charge in [-0.15, -0.1) is 0 Å². The third-order valence-electron chi connectivity index (χ3n) is 2.34. The van der Waals surface area contributed by atoms with E-state index in [4.69, 9.17) is 0 Å². The molecule has 2 bridgehead atoms. The van der Waals surface area contributed by atoms with Crippen LogP contribution in [0.2, 0.25) is 0 Å². The summed E-state index contributed by atoms with van der Waals surface area (Å²) in [7, 11) is 0. The van der Waals surface area contributed by atoms with E-state index >= 15 is 0 Å². The van der Waals surface area contributed by atoms with Crippen LogP contribution < -0.4 is 0 Å². The van der Waals surface area contributed by atoms with Crippen LogP contribution in [0.5, 0.6) is 0 Å². The minimum absolute atomic E-state index is 0.0451. The summed E-state index contributed by atoms with van der Waals surface area (Å²) in [6, 6.07) is 0. The zero-order chi connectivity index (χ0) is 6.27. The fraction of sp³-hybridized carbons (Fsp3) is 1.00. The summed E-state index contributed by atoms with van der Waals surface area (Å²) in [5.74, 6) is 0. The number of rotatable bonds is 0. The van der Waals surface area contributed by atoms with Crippen LogP contribution in [-0.4, -0.2) is 21.7 Å². The molecule has 1 nitrogen and oxygen atoms in total. The van der Waals surface area contributed by atoms with Crippen LogP contribution >= 0.6 is 0 Å². The lowest BCUT2D eigenvalue weighted by molar-refractivity contribution is 0.156. The molecule has 52 valence electrons. The third kappa shape index (κ3) is 1.10. The number of hydrogen-bond donors (Lipinski definition) is 1. The molecule has 1 N–H and O–H groups in total. The van der Waals surface area contributed by atoms with Gasteiger partial charge in [0, 0.05) is 12.8 Å². The van der Waals surface area contributed by atoms with Crippen LogP contribution in [0, 0.1) is 0 Å². The molecular formula is C7H13OS+. The second kappa shape index (κ2) is 2.17. The first kappa shape index (κ1) is 6.05. The second-order valence-corrected chi connectivity index (χ2v) is 4.92. The molecule has 2 atom stereocenters. The highest BCUT2D eigenvalue weighted by molar-refractivity contribution is 7.80. The first-order chi connectivity index (χ1) is 4.34. The van der Waals surface area contributed by atoms with Gasteiger partial charge in [-0.05, 0) is 24.6 Å². The molecule has 0 spiro atoms. The van der Waals surface area contributed by atoms with Crippen LogP contribution in [0.3, 0.4) is 0 Å². The van der Waals surface area contributed by atoms with Crippen molar-refractivity contribution in [2.75, 3.05) is 0 Å². The Kier molecular flexibility index (Phi) is 1.46. The normalized spacial score (nSPS) is 49.7. The van der Waals surface area contributed by atoms with E-state index < -0.39 is 0 Å². The summed E-state index contributed by atoms with van der Waals surface area (Å²) in [5.41, 5.74) is 0. The van der Waals surface area contributed by atoms with Gasteiger partial charge >= 0.3 is 0 Å². The van der Waals surface area contributed by atoms with Crippen molar-refractivity contribution in [3.8, 4) is 0 Å². The Hall–Kier alpha value is 0.310. The Morgan fingerprint density at radius 3 is 2.22 bits per heavy atom. The van der Waals surface area contributed by atoms with E-state index in [-0.39, 0.29) is 6.10 Å². The number of thiol groups is 1. The van der Waals surface area contributed by atoms with E-state index in [9.17, 15) is 5.11 Å². The van der Waals surface area contributed by atoms with Gasteiger partial charge in [-0.2, -0.15) is 0 Å². The van der Waals surface area contributed by atoms with Crippen molar-refractivity contribution in [1.29, 1.82) is 0 Å². The van der Waals surface area contributed by atoms with Crippen LogP contribution in [0.25, 0.3) is 0 Å². The lowest BCUT2D eigenvalue weighted by Gasteiger charge is -2.16. The Morgan fingerprint density at radius 1 is 1.11 bits per heavy atom. The molecule has 2 aliphatic rings. The smallest absolute Gasteiger partial charge is 0.118 e. The van der Waals surface area contributed by atoms with Crippen LogP contribution in [-0.2, 0) is 11.8 Å². The highest BCUT2D eigenvalue weighted by atomic mass is 32.2. The summed E-state index contributed by atoms with van der Waals surface area (Å²) in [6.45, 7) is 0. The van der Waals surface area contributed by atoms with Crippen LogP contribution in [0.4, 0.5) is 0 Å². The highest BCUT2D eigenvalue weighted by Crippen LogP contribution is 2.32. The topological polar surface area (TPSA) is 20.2 Å². The number of aliphatic hydroxyl groups excluding tert-OH is 1. The molecule has 9 heavy (non-hydrogen) atoms. The van der Waals surface area contributed by atoms with Gasteiger partial charge in [0.05, 0.1) is 6.10 Å². The number of aliphatic hydroxyl groups is 1. The molecule has 2 heteroatoms. The molecule has 2 heterocycles. The fourth-order valence-electron chi connectivity index (χ4n) is 1.91. The molecule has 2 rings (SSSR count). The minimum Gasteiger partial charge on any atom is -0.393 e. The summed E-state index contributed by atoms with van der Waals surface area (Å²) in [5, 5.41) is 11.0. The lowest BCUT2D eigenvalue weighted by Crippen LogP contribution is -2.27. The maximum atomic E-state index is 9.29. The predicted octanol–water partition coefficient (Wildman–Crippen LogP) is 0.487. The Morgan fingerprint density at radius 2 is 1.67 bits per heavy atom. The van der Waals surface area contributed by atoms with Gasteiger partial charge < -0.3 is 5.11 Å². The van der Waals surface area contributed by atoms with E-state index in [1.54, 1.807) is 11.8 Å². The Balaban J connectivity index is 2.03. The first-order valence-corrected chi connectivity index (χ1v) is 4.76. The van der Waals surface area contributed by atoms with Gasteiger partial charge in [0.25, 0.3) is 0 Å². The van der Waals surface area contributed by atoms with Crippen molar-refractivity contribution < 1.29 is 5.11 Å². The van der Waals surface area contributed by atoms with Crippen molar-refractivity contribution in [3.63, 3.8) is 0 Å². The number of fused-ring (bicyclic) bond motifs is 2. The summed E-state index contributed by atoms with van der Waals surface area (Å²) < 4.78 is 0. The molecular weight excluding hydrogens is 132 g/mol. The summed E-state index contributed by atoms with van der Waals surface area (Å²) >= 11 is 1.64. The van der Waals surface area contributed by atoms with Crippen LogP contribution in [0.1, 0.15) is 25.7 Å². The Labute approximate surface area is 59.8 Å². The molecule has 0 saturated carbocycles. The molecule has 0 amide bonds. The van der Waals surface area contributed by atoms with E-state index in [0.29, 0.717) is 0 Å². The molecule has 2 saturated heterocycles. The van der Waals surface area contributed by atoms with Gasteiger partial charge in [0.2, 0.25) is 0 Å². The fourth-order valence-corrected chi connectivity index (χ4v) is 3.84. The molecule has 0 aliphatic carbocycles. The maximum absolute atomic E-state index is 9.29. The largest absolute Gasteiger partial charge is 0.393 e. The predicted molar refractivity (Wildman–Crippen MR) is 40.8 cm³/mol. The Bertz CT molecular complexity index is 103. The van der Waals surface area contributed by atoms with E-state index in [1.165, 1.54) is 12.8 Å². The van der Waals surface area contributed by atoms with Crippen molar-refractivity contribution in [2.45, 2.75) is 42.3 Å². The molecule has 2 fully saturated rings. The van der Waals surface area contributed by atoms with E-state index in [0.717, 1.165) is 23.3 Å². The zero-order valence-electron chi connectivity index (χ0n) is 5.45. The quantitative estimate of drug-likeness (QED) is 0.388. The molecule has 2 unspecified atom stereocenters. The standard InChI is InChI=1S/C7H12OS/c8-5-3-6-1-2-7(4-5)9-6/h5-8H,1-4H2/p+1. The minimum atomic E-state index is 0.0451. The highest BCUT2D eigenvalue weighted by Gasteiger charge is 2.40. The average Bonchev–Trinajstić information content (AvgIpc) is 2.11. The summed E-state index contributed by atoms with van der Waals surface area (Å²) in [4.78, 5) is 0. The third-order valence-corrected chi connectivity index (χ3v) is 4.12. The summed E-state index contributed by atoms with van der Waals surface area (Å²) in [6.07, 6.45) is 4.96. The molecule has 2 aliphatic heterocycles. The molecule has 0 aromatic carbocycles. The first-order valence-electron chi connectivity index (χ1n) is 3.72. The van der Waals surface area contributed by atoms with Crippen molar-refractivity contribution >= 4 is 11.8 Å². The lowest BCUT2D eigenvalue weighted by atomic mass is 10.1. The molecule has 0 aromatic rings. The van der Waals surface area contributed by atoms with Crippen LogP contribution in [0.15, 0.2) is 0 Å². The number of hydrogen-bond acceptors (Lipinski definition) is 1. The molecule has 0 radical (unpaired) electrons. The SMILES string of the molecule is OC1CC2CCC(C1)[SH+]2. The zero-order valence-corrected chi connectivity index (χ0v) is 6.35. The van der Waals surface area contributed by atoms with Gasteiger partial charge in [-0.3, -0.25) is 0 Å².